The fourth-order valence-corrected chi connectivity index (χ4v) is 12.4. The fourth-order valence-electron chi connectivity index (χ4n) is 10.8. The summed E-state index contributed by atoms with van der Waals surface area (Å²) in [6.45, 7) is 14.1. The van der Waals surface area contributed by atoms with Crippen LogP contribution in [0.25, 0.3) is 0 Å². The first kappa shape index (κ1) is 89.1. The maximum Gasteiger partial charge on any atom is 0.472 e. The monoisotopic (exact) mass is 1340 g/mol. The van der Waals surface area contributed by atoms with Gasteiger partial charge in [-0.3, -0.25) is 37.3 Å². The van der Waals surface area contributed by atoms with E-state index in [1.165, 1.54) is 154 Å². The second-order valence-corrected chi connectivity index (χ2v) is 30.3. The third-order valence-corrected chi connectivity index (χ3v) is 19.2. The van der Waals surface area contributed by atoms with E-state index in [1.807, 2.05) is 0 Å². The molecule has 0 rings (SSSR count). The van der Waals surface area contributed by atoms with Gasteiger partial charge in [0.25, 0.3) is 0 Å². The van der Waals surface area contributed by atoms with Gasteiger partial charge in [-0.2, -0.15) is 0 Å². The van der Waals surface area contributed by atoms with Crippen LogP contribution in [0.1, 0.15) is 357 Å². The molecule has 0 saturated heterocycles. The van der Waals surface area contributed by atoms with Gasteiger partial charge < -0.3 is 33.8 Å². The first-order valence-corrected chi connectivity index (χ1v) is 40.3. The molecule has 0 saturated carbocycles. The Morgan fingerprint density at radius 3 is 0.780 bits per heavy atom. The number of aliphatic hydroxyl groups is 1. The highest BCUT2D eigenvalue weighted by Crippen LogP contribution is 2.45. The van der Waals surface area contributed by atoms with Gasteiger partial charge in [-0.1, -0.05) is 306 Å². The summed E-state index contributed by atoms with van der Waals surface area (Å²) >= 11 is 0. The summed E-state index contributed by atoms with van der Waals surface area (Å²) < 4.78 is 68.3. The zero-order chi connectivity index (χ0) is 67.5. The predicted molar refractivity (Wildman–Crippen MR) is 367 cm³/mol. The molecule has 0 radical (unpaired) electrons. The van der Waals surface area contributed by atoms with E-state index in [0.29, 0.717) is 31.6 Å². The fraction of sp³-hybridized carbons (Fsp3) is 0.944. The van der Waals surface area contributed by atoms with Gasteiger partial charge in [-0.25, -0.2) is 9.13 Å². The first-order valence-electron chi connectivity index (χ1n) is 37.3. The molecule has 19 heteroatoms. The van der Waals surface area contributed by atoms with E-state index < -0.39 is 97.5 Å². The Morgan fingerprint density at radius 2 is 0.527 bits per heavy atom. The summed E-state index contributed by atoms with van der Waals surface area (Å²) in [6, 6.07) is 0. The van der Waals surface area contributed by atoms with Crippen molar-refractivity contribution < 1.29 is 80.2 Å². The smallest absolute Gasteiger partial charge is 0.462 e. The standard InChI is InChI=1S/C72H140O17P2/c1-9-64(7)50-42-34-26-17-15-13-11-12-14-16-18-29-38-46-54-71(76)88-68(59-83-70(75)53-45-37-31-23-25-33-41-49-63(5)6)61-87-91(80,81)85-57-66(73)56-84-90(78,79)86-60-67(89-72(77)55-47-39-30-21-19-24-32-40-48-62(3)4)58-82-69(74)52-44-36-28-22-20-27-35-43-51-65(8)10-2/h62-68,73H,9-61H2,1-8H3,(H,78,79)(H,80,81)/t64?,65?,66?,67-,68-/m1/s1. The zero-order valence-corrected chi connectivity index (χ0v) is 61.3. The molecule has 3 N–H and O–H groups in total. The van der Waals surface area contributed by atoms with E-state index >= 15 is 0 Å². The van der Waals surface area contributed by atoms with Crippen LogP contribution in [0.2, 0.25) is 0 Å². The third-order valence-electron chi connectivity index (χ3n) is 17.3. The molecule has 91 heavy (non-hydrogen) atoms. The molecule has 540 valence electrons. The zero-order valence-electron chi connectivity index (χ0n) is 59.5. The molecule has 0 aliphatic carbocycles. The SMILES string of the molecule is CCC(C)CCCCCCCCCCCCCCCCC(=O)O[C@H](COC(=O)CCCCCCCCCC(C)C)COP(=O)(O)OCC(O)COP(=O)(O)OC[C@@H](COC(=O)CCCCCCCCCCC(C)CC)OC(=O)CCCCCCCCCCC(C)C. The Kier molecular flexibility index (Phi) is 60.3. The molecule has 0 aromatic heterocycles. The quantitative estimate of drug-likeness (QED) is 0.0222. The Morgan fingerprint density at radius 1 is 0.308 bits per heavy atom. The number of hydrogen-bond donors (Lipinski definition) is 3. The van der Waals surface area contributed by atoms with Crippen molar-refractivity contribution in [3.05, 3.63) is 0 Å². The molecule has 0 aliphatic rings. The van der Waals surface area contributed by atoms with Crippen molar-refractivity contribution in [3.8, 4) is 0 Å². The Labute approximate surface area is 556 Å². The lowest BCUT2D eigenvalue weighted by Gasteiger charge is -2.21. The average molecular weight is 1340 g/mol. The van der Waals surface area contributed by atoms with Crippen LogP contribution in [0.4, 0.5) is 0 Å². The summed E-state index contributed by atoms with van der Waals surface area (Å²) in [5.41, 5.74) is 0. The largest absolute Gasteiger partial charge is 0.472 e. The van der Waals surface area contributed by atoms with Gasteiger partial charge in [0.05, 0.1) is 26.4 Å². The van der Waals surface area contributed by atoms with Crippen molar-refractivity contribution in [3.63, 3.8) is 0 Å². The van der Waals surface area contributed by atoms with Crippen LogP contribution in [-0.4, -0.2) is 96.7 Å². The Hall–Kier alpha value is -1.94. The number of esters is 4. The molecule has 0 heterocycles. The van der Waals surface area contributed by atoms with E-state index in [-0.39, 0.29) is 25.7 Å². The van der Waals surface area contributed by atoms with Gasteiger partial charge >= 0.3 is 39.5 Å². The second-order valence-electron chi connectivity index (χ2n) is 27.4. The highest BCUT2D eigenvalue weighted by atomic mass is 31.2. The highest BCUT2D eigenvalue weighted by molar-refractivity contribution is 7.47. The number of carbonyl (C=O) groups excluding carboxylic acids is 4. The third kappa shape index (κ3) is 63.9. The van der Waals surface area contributed by atoms with Crippen molar-refractivity contribution in [1.29, 1.82) is 0 Å². The molecule has 0 spiro atoms. The van der Waals surface area contributed by atoms with Gasteiger partial charge in [0, 0.05) is 25.7 Å². The minimum absolute atomic E-state index is 0.103. The molecule has 5 unspecified atom stereocenters. The van der Waals surface area contributed by atoms with Gasteiger partial charge in [0.15, 0.2) is 12.2 Å². The molecule has 0 bridgehead atoms. The van der Waals surface area contributed by atoms with Crippen LogP contribution in [-0.2, 0) is 65.4 Å². The molecule has 0 aromatic carbocycles. The number of rotatable bonds is 69. The van der Waals surface area contributed by atoms with E-state index in [2.05, 4.69) is 55.4 Å². The molecule has 7 atom stereocenters. The highest BCUT2D eigenvalue weighted by Gasteiger charge is 2.30. The van der Waals surface area contributed by atoms with Gasteiger partial charge in [-0.15, -0.1) is 0 Å². The predicted octanol–water partition coefficient (Wildman–Crippen LogP) is 20.5. The van der Waals surface area contributed by atoms with Gasteiger partial charge in [0.2, 0.25) is 0 Å². The molecule has 0 amide bonds. The van der Waals surface area contributed by atoms with Crippen LogP contribution >= 0.6 is 15.6 Å². The number of aliphatic hydroxyl groups excluding tert-OH is 1. The van der Waals surface area contributed by atoms with Crippen LogP contribution in [0.3, 0.4) is 0 Å². The lowest BCUT2D eigenvalue weighted by molar-refractivity contribution is -0.161. The molecule has 0 aromatic rings. The minimum atomic E-state index is -4.95. The number of unbranched alkanes of at least 4 members (excludes halogenated alkanes) is 33. The van der Waals surface area contributed by atoms with E-state index in [4.69, 9.17) is 37.0 Å². The van der Waals surface area contributed by atoms with Crippen molar-refractivity contribution in [2.45, 2.75) is 375 Å². The van der Waals surface area contributed by atoms with Crippen LogP contribution in [0.15, 0.2) is 0 Å². The second kappa shape index (κ2) is 61.6. The van der Waals surface area contributed by atoms with E-state index in [0.717, 1.165) is 114 Å². The lowest BCUT2D eigenvalue weighted by Crippen LogP contribution is -2.30. The summed E-state index contributed by atoms with van der Waals surface area (Å²) in [5, 5.41) is 10.6. The first-order chi connectivity index (χ1) is 43.7. The van der Waals surface area contributed by atoms with E-state index in [9.17, 15) is 43.2 Å². The summed E-state index contributed by atoms with van der Waals surface area (Å²) in [6.07, 6.45) is 44.5. The summed E-state index contributed by atoms with van der Waals surface area (Å²) in [4.78, 5) is 72.6. The average Bonchev–Trinajstić information content (AvgIpc) is 3.15. The Balaban J connectivity index is 5.23. The maximum absolute atomic E-state index is 13.0. The number of carbonyl (C=O) groups is 4. The van der Waals surface area contributed by atoms with Crippen LogP contribution in [0.5, 0.6) is 0 Å². The van der Waals surface area contributed by atoms with Crippen LogP contribution < -0.4 is 0 Å². The minimum Gasteiger partial charge on any atom is -0.462 e. The van der Waals surface area contributed by atoms with Crippen molar-refractivity contribution in [2.24, 2.45) is 23.7 Å². The molecule has 0 fully saturated rings. The van der Waals surface area contributed by atoms with Gasteiger partial charge in [-0.05, 0) is 49.4 Å². The molecule has 0 aliphatic heterocycles. The van der Waals surface area contributed by atoms with Crippen molar-refractivity contribution >= 4 is 39.5 Å². The number of phosphoric ester groups is 2. The summed E-state index contributed by atoms with van der Waals surface area (Å²) in [7, 11) is -9.91. The number of hydrogen-bond acceptors (Lipinski definition) is 15. The topological polar surface area (TPSA) is 237 Å². The van der Waals surface area contributed by atoms with Gasteiger partial charge in [0.1, 0.15) is 19.3 Å². The maximum atomic E-state index is 13.0. The van der Waals surface area contributed by atoms with Crippen molar-refractivity contribution in [1.82, 2.24) is 0 Å². The molecule has 17 nitrogen and oxygen atoms in total. The Bertz CT molecular complexity index is 1800. The molecular formula is C72H140O17P2. The van der Waals surface area contributed by atoms with E-state index in [1.54, 1.807) is 0 Å². The summed E-state index contributed by atoms with van der Waals surface area (Å²) in [5.74, 6) is 0.918. The number of phosphoric acid groups is 2. The normalized spacial score (nSPS) is 14.8. The van der Waals surface area contributed by atoms with Crippen molar-refractivity contribution in [2.75, 3.05) is 39.6 Å². The molecular weight excluding hydrogens is 1200 g/mol. The van der Waals surface area contributed by atoms with Crippen LogP contribution in [0, 0.1) is 23.7 Å². The number of ether oxygens (including phenoxy) is 4. The lowest BCUT2D eigenvalue weighted by atomic mass is 9.99.